The smallest absolute Gasteiger partial charge is 0.340 e. The van der Waals surface area contributed by atoms with Crippen molar-refractivity contribution in [2.75, 3.05) is 5.32 Å². The Morgan fingerprint density at radius 2 is 1.32 bits per heavy atom. The molecule has 1 N–H and O–H groups in total. The number of benzene rings is 4. The van der Waals surface area contributed by atoms with E-state index < -0.39 is 5.60 Å². The Balaban J connectivity index is 1.66. The van der Waals surface area contributed by atoms with Gasteiger partial charge in [-0.25, -0.2) is 4.79 Å². The first-order valence-electron chi connectivity index (χ1n) is 9.94. The van der Waals surface area contributed by atoms with Gasteiger partial charge in [0.15, 0.2) is 5.60 Å². The van der Waals surface area contributed by atoms with Gasteiger partial charge in [0, 0.05) is 22.4 Å². The minimum Gasteiger partial charge on any atom is -0.456 e. The van der Waals surface area contributed by atoms with Crippen LogP contribution in [0.5, 0.6) is 11.5 Å². The summed E-state index contributed by atoms with van der Waals surface area (Å²) in [6.45, 7) is 0. The van der Waals surface area contributed by atoms with Crippen LogP contribution in [-0.4, -0.2) is 5.97 Å². The average Bonchev–Trinajstić information content (AvgIpc) is 3.10. The second-order valence-corrected chi connectivity index (χ2v) is 7.91. The lowest BCUT2D eigenvalue weighted by molar-refractivity contribution is 0.0226. The van der Waals surface area contributed by atoms with Gasteiger partial charge in [0.25, 0.3) is 0 Å². The molecule has 2 heterocycles. The Bertz CT molecular complexity index is 1320. The molecule has 5 heteroatoms. The van der Waals surface area contributed by atoms with Crippen LogP contribution in [0.1, 0.15) is 27.0 Å². The summed E-state index contributed by atoms with van der Waals surface area (Å²) in [7, 11) is 0. The third-order valence-electron chi connectivity index (χ3n) is 5.78. The number of fused-ring (bicyclic) bond motifs is 6. The van der Waals surface area contributed by atoms with Gasteiger partial charge in [-0.2, -0.15) is 0 Å². The minimum atomic E-state index is -1.12. The Morgan fingerprint density at radius 1 is 0.710 bits per heavy atom. The number of nitrogens with one attached hydrogen (secondary N) is 1. The zero-order valence-electron chi connectivity index (χ0n) is 16.3. The van der Waals surface area contributed by atoms with E-state index in [1.807, 2.05) is 84.9 Å². The lowest BCUT2D eigenvalue weighted by Gasteiger charge is -2.37. The maximum absolute atomic E-state index is 13.1. The molecule has 0 saturated heterocycles. The van der Waals surface area contributed by atoms with Crippen LogP contribution < -0.4 is 10.1 Å². The van der Waals surface area contributed by atoms with Gasteiger partial charge in [-0.05, 0) is 36.4 Å². The third kappa shape index (κ3) is 2.52. The highest BCUT2D eigenvalue weighted by molar-refractivity contribution is 6.33. The second-order valence-electron chi connectivity index (χ2n) is 7.50. The van der Waals surface area contributed by atoms with Crippen LogP contribution in [0.4, 0.5) is 11.4 Å². The molecule has 2 aliphatic rings. The molecule has 4 aromatic rings. The van der Waals surface area contributed by atoms with E-state index in [0.29, 0.717) is 22.1 Å². The van der Waals surface area contributed by atoms with Crippen molar-refractivity contribution in [3.63, 3.8) is 0 Å². The average molecular weight is 426 g/mol. The first kappa shape index (κ1) is 18.0. The summed E-state index contributed by atoms with van der Waals surface area (Å²) in [6.07, 6.45) is 0. The highest BCUT2D eigenvalue weighted by Gasteiger charge is 2.54. The molecule has 1 spiro atoms. The Kier molecular flexibility index (Phi) is 3.86. The van der Waals surface area contributed by atoms with Crippen molar-refractivity contribution < 1.29 is 14.3 Å². The van der Waals surface area contributed by atoms with Crippen LogP contribution in [0, 0.1) is 0 Å². The van der Waals surface area contributed by atoms with E-state index in [0.717, 1.165) is 28.1 Å². The number of carbonyl (C=O) groups is 1. The van der Waals surface area contributed by atoms with E-state index in [1.54, 1.807) is 6.07 Å². The van der Waals surface area contributed by atoms with Gasteiger partial charge < -0.3 is 14.8 Å². The predicted molar refractivity (Wildman–Crippen MR) is 119 cm³/mol. The van der Waals surface area contributed by atoms with Crippen molar-refractivity contribution >= 4 is 28.9 Å². The van der Waals surface area contributed by atoms with Gasteiger partial charge in [-0.1, -0.05) is 66.2 Å². The molecule has 4 nitrogen and oxygen atoms in total. The normalized spacial score (nSPS) is 14.8. The maximum Gasteiger partial charge on any atom is 0.340 e. The molecule has 0 saturated carbocycles. The molecule has 0 radical (unpaired) electrons. The summed E-state index contributed by atoms with van der Waals surface area (Å²) in [5.41, 5.74) is 3.22. The standard InChI is InChI=1S/C26H16ClNO3/c27-19-11-3-4-12-20(19)28-21-13-7-8-16-24(21)26(31-25(16)29)17-9-1-5-14-22(17)30-23-15-6-2-10-18(23)26/h1-15,28H. The molecule has 0 atom stereocenters. The first-order chi connectivity index (χ1) is 15.2. The van der Waals surface area contributed by atoms with Gasteiger partial charge in [-0.15, -0.1) is 0 Å². The largest absolute Gasteiger partial charge is 0.456 e. The van der Waals surface area contributed by atoms with Gasteiger partial charge in [0.05, 0.1) is 16.3 Å². The minimum absolute atomic E-state index is 0.371. The summed E-state index contributed by atoms with van der Waals surface area (Å²) < 4.78 is 12.4. The molecule has 2 aliphatic heterocycles. The maximum atomic E-state index is 13.1. The monoisotopic (exact) mass is 425 g/mol. The summed E-state index contributed by atoms with van der Waals surface area (Å²) in [5.74, 6) is 0.952. The fourth-order valence-corrected chi connectivity index (χ4v) is 4.68. The van der Waals surface area contributed by atoms with Crippen molar-refractivity contribution in [2.24, 2.45) is 0 Å². The van der Waals surface area contributed by atoms with E-state index in [4.69, 9.17) is 21.1 Å². The van der Waals surface area contributed by atoms with Crippen LogP contribution in [0.25, 0.3) is 0 Å². The summed E-state index contributed by atoms with van der Waals surface area (Å²) in [6, 6.07) is 28.4. The Morgan fingerprint density at radius 3 is 2.03 bits per heavy atom. The second kappa shape index (κ2) is 6.62. The van der Waals surface area contributed by atoms with Crippen molar-refractivity contribution in [1.82, 2.24) is 0 Å². The molecule has 31 heavy (non-hydrogen) atoms. The number of hydrogen-bond acceptors (Lipinski definition) is 4. The van der Waals surface area contributed by atoms with Gasteiger partial charge in [0.1, 0.15) is 11.5 Å². The quantitative estimate of drug-likeness (QED) is 0.365. The number of ether oxygens (including phenoxy) is 2. The first-order valence-corrected chi connectivity index (χ1v) is 10.3. The van der Waals surface area contributed by atoms with E-state index >= 15 is 0 Å². The van der Waals surface area contributed by atoms with E-state index in [2.05, 4.69) is 5.32 Å². The molecule has 4 aromatic carbocycles. The zero-order chi connectivity index (χ0) is 21.0. The Hall–Kier alpha value is -3.76. The highest BCUT2D eigenvalue weighted by atomic mass is 35.5. The molecule has 0 aliphatic carbocycles. The van der Waals surface area contributed by atoms with Crippen LogP contribution >= 0.6 is 11.6 Å². The summed E-state index contributed by atoms with van der Waals surface area (Å²) in [5, 5.41) is 4.01. The van der Waals surface area contributed by atoms with E-state index in [1.165, 1.54) is 0 Å². The fraction of sp³-hybridized carbons (Fsp3) is 0.0385. The summed E-state index contributed by atoms with van der Waals surface area (Å²) in [4.78, 5) is 13.1. The van der Waals surface area contributed by atoms with Gasteiger partial charge in [0.2, 0.25) is 0 Å². The van der Waals surface area contributed by atoms with Crippen molar-refractivity contribution in [2.45, 2.75) is 5.60 Å². The molecular formula is C26H16ClNO3. The number of hydrogen-bond donors (Lipinski definition) is 1. The van der Waals surface area contributed by atoms with Crippen LogP contribution in [0.2, 0.25) is 5.02 Å². The number of esters is 1. The fourth-order valence-electron chi connectivity index (χ4n) is 4.49. The van der Waals surface area contributed by atoms with Gasteiger partial charge >= 0.3 is 5.97 Å². The lowest BCUT2D eigenvalue weighted by atomic mass is 9.77. The SMILES string of the molecule is O=C1OC2(c3ccccc3Oc3ccccc32)c2c(Nc3ccccc3Cl)cccc21. The van der Waals surface area contributed by atoms with E-state index in [9.17, 15) is 4.79 Å². The topological polar surface area (TPSA) is 47.6 Å². The third-order valence-corrected chi connectivity index (χ3v) is 6.11. The number of carbonyl (C=O) groups excluding carboxylic acids is 1. The van der Waals surface area contributed by atoms with Crippen molar-refractivity contribution in [1.29, 1.82) is 0 Å². The number of halogens is 1. The molecular weight excluding hydrogens is 410 g/mol. The van der Waals surface area contributed by atoms with Crippen molar-refractivity contribution in [3.8, 4) is 11.5 Å². The van der Waals surface area contributed by atoms with Crippen molar-refractivity contribution in [3.05, 3.63) is 118 Å². The molecule has 150 valence electrons. The summed E-state index contributed by atoms with van der Waals surface area (Å²) >= 11 is 6.41. The molecule has 6 rings (SSSR count). The van der Waals surface area contributed by atoms with Crippen LogP contribution in [0.3, 0.4) is 0 Å². The lowest BCUT2D eigenvalue weighted by Crippen LogP contribution is -2.33. The van der Waals surface area contributed by atoms with Gasteiger partial charge in [-0.3, -0.25) is 0 Å². The molecule has 0 amide bonds. The molecule has 0 unspecified atom stereocenters. The molecule has 0 aromatic heterocycles. The highest BCUT2D eigenvalue weighted by Crippen LogP contribution is 2.57. The Labute approximate surface area is 184 Å². The number of para-hydroxylation sites is 3. The number of rotatable bonds is 2. The van der Waals surface area contributed by atoms with E-state index in [-0.39, 0.29) is 5.97 Å². The molecule has 0 fully saturated rings. The van der Waals surface area contributed by atoms with Crippen LogP contribution in [0.15, 0.2) is 91.0 Å². The zero-order valence-corrected chi connectivity index (χ0v) is 17.0. The predicted octanol–water partition coefficient (Wildman–Crippen LogP) is 6.65. The number of anilines is 2. The van der Waals surface area contributed by atoms with Crippen LogP contribution in [-0.2, 0) is 10.3 Å². The molecule has 0 bridgehead atoms.